The average Bonchev–Trinajstić information content (AvgIpc) is 2.26. The number of aromatic nitrogens is 1. The highest BCUT2D eigenvalue weighted by Gasteiger charge is 2.10. The number of ether oxygens (including phenoxy) is 1. The molecule has 4 nitrogen and oxygen atoms in total. The van der Waals surface area contributed by atoms with Crippen LogP contribution in [-0.2, 0) is 11.2 Å². The van der Waals surface area contributed by atoms with E-state index < -0.39 is 5.97 Å². The third-order valence-electron chi connectivity index (χ3n) is 2.29. The van der Waals surface area contributed by atoms with Crippen molar-refractivity contribution in [2.24, 2.45) is 5.92 Å². The Morgan fingerprint density at radius 2 is 2.33 bits per heavy atom. The molecule has 0 amide bonds. The lowest BCUT2D eigenvalue weighted by atomic mass is 10.0. The summed E-state index contributed by atoms with van der Waals surface area (Å²) < 4.78 is 5.03. The maximum absolute atomic E-state index is 10.6. The van der Waals surface area contributed by atoms with Crippen molar-refractivity contribution in [3.63, 3.8) is 0 Å². The zero-order valence-corrected chi connectivity index (χ0v) is 8.93. The Morgan fingerprint density at radius 1 is 1.60 bits per heavy atom. The molecule has 0 saturated heterocycles. The van der Waals surface area contributed by atoms with Gasteiger partial charge in [-0.15, -0.1) is 0 Å². The molecular formula is C11H15NO3. The van der Waals surface area contributed by atoms with E-state index >= 15 is 0 Å². The minimum atomic E-state index is -0.758. The monoisotopic (exact) mass is 209 g/mol. The van der Waals surface area contributed by atoms with Gasteiger partial charge in [0.1, 0.15) is 5.75 Å². The predicted octanol–water partition coefficient (Wildman–Crippen LogP) is 1.74. The van der Waals surface area contributed by atoms with Gasteiger partial charge in [0.25, 0.3) is 0 Å². The molecular weight excluding hydrogens is 194 g/mol. The van der Waals surface area contributed by atoms with Crippen LogP contribution in [0, 0.1) is 5.92 Å². The molecule has 1 N–H and O–H groups in total. The molecule has 1 atom stereocenters. The van der Waals surface area contributed by atoms with Crippen molar-refractivity contribution < 1.29 is 14.6 Å². The highest BCUT2D eigenvalue weighted by atomic mass is 16.5. The lowest BCUT2D eigenvalue weighted by Crippen LogP contribution is -2.10. The first-order valence-corrected chi connectivity index (χ1v) is 4.84. The molecule has 0 spiro atoms. The summed E-state index contributed by atoms with van der Waals surface area (Å²) in [6.07, 6.45) is 4.68. The molecule has 1 aromatic heterocycles. The van der Waals surface area contributed by atoms with E-state index in [1.165, 1.54) is 0 Å². The lowest BCUT2D eigenvalue weighted by molar-refractivity contribution is -0.141. The number of carboxylic acid groups (broad SMARTS) is 1. The number of carbonyl (C=O) groups is 1. The smallest absolute Gasteiger partial charge is 0.306 e. The molecule has 0 radical (unpaired) electrons. The molecule has 0 saturated carbocycles. The van der Waals surface area contributed by atoms with Gasteiger partial charge in [0.15, 0.2) is 0 Å². The predicted molar refractivity (Wildman–Crippen MR) is 55.9 cm³/mol. The van der Waals surface area contributed by atoms with Crippen LogP contribution in [0.25, 0.3) is 0 Å². The number of aliphatic carboxylic acids is 1. The van der Waals surface area contributed by atoms with E-state index in [1.54, 1.807) is 26.4 Å². The van der Waals surface area contributed by atoms with Crippen molar-refractivity contribution in [3.05, 3.63) is 24.0 Å². The molecule has 1 rings (SSSR count). The Morgan fingerprint density at radius 3 is 2.93 bits per heavy atom. The summed E-state index contributed by atoms with van der Waals surface area (Å²) in [6.45, 7) is 1.70. The van der Waals surface area contributed by atoms with E-state index in [4.69, 9.17) is 9.84 Å². The van der Waals surface area contributed by atoms with Crippen molar-refractivity contribution >= 4 is 5.97 Å². The van der Waals surface area contributed by atoms with Gasteiger partial charge < -0.3 is 9.84 Å². The number of nitrogens with zero attached hydrogens (tertiary/aromatic N) is 1. The van der Waals surface area contributed by atoms with Crippen LogP contribution in [0.2, 0.25) is 0 Å². The van der Waals surface area contributed by atoms with Gasteiger partial charge >= 0.3 is 5.97 Å². The molecule has 0 fully saturated rings. The van der Waals surface area contributed by atoms with E-state index in [1.807, 2.05) is 6.07 Å². The topological polar surface area (TPSA) is 59.4 Å². The normalized spacial score (nSPS) is 12.1. The van der Waals surface area contributed by atoms with Gasteiger partial charge in [-0.05, 0) is 24.5 Å². The number of methoxy groups -OCH3 is 1. The van der Waals surface area contributed by atoms with Crippen molar-refractivity contribution in [2.75, 3.05) is 7.11 Å². The molecule has 4 heteroatoms. The van der Waals surface area contributed by atoms with Crippen LogP contribution >= 0.6 is 0 Å². The number of rotatable bonds is 5. The van der Waals surface area contributed by atoms with E-state index in [2.05, 4.69) is 4.98 Å². The highest BCUT2D eigenvalue weighted by molar-refractivity contribution is 5.69. The van der Waals surface area contributed by atoms with Gasteiger partial charge in [-0.2, -0.15) is 0 Å². The standard InChI is InChI=1S/C11H15NO3/c1-8(11(13)14)3-4-9-5-10(15-2)7-12-6-9/h5-8H,3-4H2,1-2H3,(H,13,14). The lowest BCUT2D eigenvalue weighted by Gasteiger charge is -2.06. The van der Waals surface area contributed by atoms with Gasteiger partial charge in [0, 0.05) is 6.20 Å². The van der Waals surface area contributed by atoms with Crippen molar-refractivity contribution in [1.82, 2.24) is 4.98 Å². The van der Waals surface area contributed by atoms with Crippen molar-refractivity contribution in [3.8, 4) is 5.75 Å². The molecule has 0 aliphatic rings. The molecule has 0 aliphatic carbocycles. The second-order valence-electron chi connectivity index (χ2n) is 3.51. The molecule has 1 unspecified atom stereocenters. The van der Waals surface area contributed by atoms with E-state index in [9.17, 15) is 4.79 Å². The molecule has 1 heterocycles. The van der Waals surface area contributed by atoms with Crippen molar-refractivity contribution in [2.45, 2.75) is 19.8 Å². The minimum Gasteiger partial charge on any atom is -0.495 e. The Bertz CT molecular complexity index is 338. The summed E-state index contributed by atoms with van der Waals surface area (Å²) in [5, 5.41) is 8.72. The average molecular weight is 209 g/mol. The molecule has 15 heavy (non-hydrogen) atoms. The largest absolute Gasteiger partial charge is 0.495 e. The second kappa shape index (κ2) is 5.34. The number of hydrogen-bond donors (Lipinski definition) is 1. The zero-order chi connectivity index (χ0) is 11.3. The third kappa shape index (κ3) is 3.58. The van der Waals surface area contributed by atoms with Crippen LogP contribution in [0.1, 0.15) is 18.9 Å². The summed E-state index contributed by atoms with van der Waals surface area (Å²) in [5.41, 5.74) is 1.00. The Kier molecular flexibility index (Phi) is 4.09. The zero-order valence-electron chi connectivity index (χ0n) is 8.93. The Hall–Kier alpha value is -1.58. The van der Waals surface area contributed by atoms with Crippen LogP contribution in [0.4, 0.5) is 0 Å². The van der Waals surface area contributed by atoms with Gasteiger partial charge in [-0.3, -0.25) is 9.78 Å². The summed E-state index contributed by atoms with van der Waals surface area (Å²) in [7, 11) is 1.58. The van der Waals surface area contributed by atoms with Crippen LogP contribution in [-0.4, -0.2) is 23.2 Å². The maximum Gasteiger partial charge on any atom is 0.306 e. The number of hydrogen-bond acceptors (Lipinski definition) is 3. The Labute approximate surface area is 88.9 Å². The number of carboxylic acids is 1. The van der Waals surface area contributed by atoms with Crippen LogP contribution < -0.4 is 4.74 Å². The highest BCUT2D eigenvalue weighted by Crippen LogP contribution is 2.14. The Balaban J connectivity index is 2.53. The fourth-order valence-electron chi connectivity index (χ4n) is 1.22. The van der Waals surface area contributed by atoms with E-state index in [0.29, 0.717) is 18.6 Å². The summed E-state index contributed by atoms with van der Waals surface area (Å²) in [6, 6.07) is 1.88. The minimum absolute atomic E-state index is 0.323. The van der Waals surface area contributed by atoms with Gasteiger partial charge in [-0.1, -0.05) is 6.92 Å². The molecule has 0 aromatic carbocycles. The van der Waals surface area contributed by atoms with Crippen LogP contribution in [0.5, 0.6) is 5.75 Å². The van der Waals surface area contributed by atoms with Crippen LogP contribution in [0.15, 0.2) is 18.5 Å². The van der Waals surface area contributed by atoms with Gasteiger partial charge in [0.2, 0.25) is 0 Å². The number of pyridine rings is 1. The van der Waals surface area contributed by atoms with Crippen LogP contribution in [0.3, 0.4) is 0 Å². The summed E-state index contributed by atoms with van der Waals surface area (Å²) >= 11 is 0. The second-order valence-corrected chi connectivity index (χ2v) is 3.51. The SMILES string of the molecule is COc1cncc(CCC(C)C(=O)O)c1. The fraction of sp³-hybridized carbons (Fsp3) is 0.455. The summed E-state index contributed by atoms with van der Waals surface area (Å²) in [4.78, 5) is 14.6. The first kappa shape index (κ1) is 11.5. The first-order valence-electron chi connectivity index (χ1n) is 4.84. The first-order chi connectivity index (χ1) is 7.13. The van der Waals surface area contributed by atoms with E-state index in [0.717, 1.165) is 5.56 Å². The maximum atomic E-state index is 10.6. The number of aryl methyl sites for hydroxylation is 1. The molecule has 0 bridgehead atoms. The van der Waals surface area contributed by atoms with Crippen molar-refractivity contribution in [1.29, 1.82) is 0 Å². The fourth-order valence-corrected chi connectivity index (χ4v) is 1.22. The molecule has 1 aromatic rings. The van der Waals surface area contributed by atoms with E-state index in [-0.39, 0.29) is 5.92 Å². The summed E-state index contributed by atoms with van der Waals surface area (Å²) in [5.74, 6) is -0.377. The molecule has 0 aliphatic heterocycles. The van der Waals surface area contributed by atoms with Gasteiger partial charge in [0.05, 0.1) is 19.2 Å². The quantitative estimate of drug-likeness (QED) is 0.802. The molecule has 82 valence electrons. The third-order valence-corrected chi connectivity index (χ3v) is 2.29. The van der Waals surface area contributed by atoms with Gasteiger partial charge in [-0.25, -0.2) is 0 Å².